The maximum absolute atomic E-state index is 12.6. The summed E-state index contributed by atoms with van der Waals surface area (Å²) < 4.78 is 10.8. The van der Waals surface area contributed by atoms with E-state index in [9.17, 15) is 4.79 Å². The van der Waals surface area contributed by atoms with Gasteiger partial charge >= 0.3 is 0 Å². The van der Waals surface area contributed by atoms with Gasteiger partial charge in [0, 0.05) is 10.6 Å². The Kier molecular flexibility index (Phi) is 4.13. The third kappa shape index (κ3) is 2.89. The second-order valence-electron chi connectivity index (χ2n) is 6.58. The maximum Gasteiger partial charge on any atom is 0.259 e. The van der Waals surface area contributed by atoms with Gasteiger partial charge in [0.05, 0.1) is 11.1 Å². The average molecular weight is 386 g/mol. The molecule has 0 unspecified atom stereocenters. The fraction of sp³-hybridized carbons (Fsp3) is 0.368. The molecule has 3 heterocycles. The van der Waals surface area contributed by atoms with Crippen LogP contribution in [0.15, 0.2) is 23.0 Å². The predicted molar refractivity (Wildman–Crippen MR) is 104 cm³/mol. The molecule has 0 saturated heterocycles. The molecule has 1 aliphatic carbocycles. The molecule has 0 spiro atoms. The molecular weight excluding hydrogens is 368 g/mol. The predicted octanol–water partition coefficient (Wildman–Crippen LogP) is 4.03. The highest BCUT2D eigenvalue weighted by Crippen LogP contribution is 2.35. The van der Waals surface area contributed by atoms with Gasteiger partial charge in [-0.1, -0.05) is 6.07 Å². The molecule has 134 valence electrons. The first-order valence-corrected chi connectivity index (χ1v) is 10.7. The molecule has 0 atom stereocenters. The molecule has 0 fully saturated rings. The zero-order valence-electron chi connectivity index (χ0n) is 14.2. The number of ether oxygens (including phenoxy) is 2. The lowest BCUT2D eigenvalue weighted by molar-refractivity contribution is 0.174. The van der Waals surface area contributed by atoms with Crippen molar-refractivity contribution in [2.24, 2.45) is 0 Å². The quantitative estimate of drug-likeness (QED) is 0.734. The number of hydrogen-bond donors (Lipinski definition) is 1. The number of rotatable bonds is 4. The largest absolute Gasteiger partial charge is 0.454 e. The van der Waals surface area contributed by atoms with E-state index in [0.29, 0.717) is 12.5 Å². The van der Waals surface area contributed by atoms with Gasteiger partial charge in [0.15, 0.2) is 11.5 Å². The molecule has 1 N–H and O–H groups in total. The third-order valence-electron chi connectivity index (χ3n) is 4.82. The Bertz CT molecular complexity index is 1040. The Hall–Kier alpha value is -1.99. The first kappa shape index (κ1) is 16.2. The number of benzene rings is 1. The molecule has 0 saturated carbocycles. The molecule has 5 nitrogen and oxygen atoms in total. The Balaban J connectivity index is 1.33. The summed E-state index contributed by atoms with van der Waals surface area (Å²) >= 11 is 3.43. The fourth-order valence-corrected chi connectivity index (χ4v) is 5.70. The van der Waals surface area contributed by atoms with E-state index in [1.165, 1.54) is 28.8 Å². The van der Waals surface area contributed by atoms with E-state index in [-0.39, 0.29) is 5.56 Å². The second-order valence-corrected chi connectivity index (χ2v) is 8.65. The highest BCUT2D eigenvalue weighted by Gasteiger charge is 2.19. The van der Waals surface area contributed by atoms with Crippen LogP contribution in [0.3, 0.4) is 0 Å². The van der Waals surface area contributed by atoms with Crippen LogP contribution in [-0.2, 0) is 24.3 Å². The van der Waals surface area contributed by atoms with E-state index in [0.717, 1.165) is 46.1 Å². The lowest BCUT2D eigenvalue weighted by Crippen LogP contribution is -2.12. The van der Waals surface area contributed by atoms with Gasteiger partial charge in [0.1, 0.15) is 10.7 Å². The highest BCUT2D eigenvalue weighted by molar-refractivity contribution is 7.97. The first-order valence-electron chi connectivity index (χ1n) is 8.77. The summed E-state index contributed by atoms with van der Waals surface area (Å²) in [7, 11) is 0. The zero-order valence-corrected chi connectivity index (χ0v) is 15.8. The van der Waals surface area contributed by atoms with Crippen molar-refractivity contribution in [3.8, 4) is 11.5 Å². The SMILES string of the molecule is O=c1[nH]c(CSCc2ccc3c(c2)OCO3)nc2sc3c(c12)CCCC3. The van der Waals surface area contributed by atoms with E-state index in [4.69, 9.17) is 14.5 Å². The lowest BCUT2D eigenvalue weighted by Gasteiger charge is -2.09. The van der Waals surface area contributed by atoms with E-state index in [1.54, 1.807) is 23.1 Å². The van der Waals surface area contributed by atoms with E-state index in [2.05, 4.69) is 4.98 Å². The number of H-pyrrole nitrogens is 1. The number of nitrogens with one attached hydrogen (secondary N) is 1. The van der Waals surface area contributed by atoms with Crippen molar-refractivity contribution in [3.05, 3.63) is 50.4 Å². The topological polar surface area (TPSA) is 64.2 Å². The van der Waals surface area contributed by atoms with E-state index >= 15 is 0 Å². The molecular formula is C19H18N2O3S2. The number of aryl methyl sites for hydroxylation is 2. The van der Waals surface area contributed by atoms with Gasteiger partial charge in [0.25, 0.3) is 5.56 Å². The molecule has 7 heteroatoms. The minimum atomic E-state index is 0.0214. The number of nitrogens with zero attached hydrogens (tertiary/aromatic N) is 1. The molecule has 2 aliphatic rings. The zero-order chi connectivity index (χ0) is 17.5. The monoisotopic (exact) mass is 386 g/mol. The average Bonchev–Trinajstić information content (AvgIpc) is 3.25. The van der Waals surface area contributed by atoms with Gasteiger partial charge < -0.3 is 14.5 Å². The van der Waals surface area contributed by atoms with Crippen molar-refractivity contribution in [3.63, 3.8) is 0 Å². The molecule has 0 bridgehead atoms. The summed E-state index contributed by atoms with van der Waals surface area (Å²) in [6, 6.07) is 6.01. The Morgan fingerprint density at radius 2 is 2.04 bits per heavy atom. The Labute approximate surface area is 158 Å². The number of thioether (sulfide) groups is 1. The van der Waals surface area contributed by atoms with Crippen molar-refractivity contribution in [2.75, 3.05) is 6.79 Å². The number of fused-ring (bicyclic) bond motifs is 4. The summed E-state index contributed by atoms with van der Waals surface area (Å²) in [6.07, 6.45) is 4.49. The molecule has 2 aromatic heterocycles. The summed E-state index contributed by atoms with van der Waals surface area (Å²) in [5.74, 6) is 3.88. The van der Waals surface area contributed by atoms with Crippen LogP contribution in [0.4, 0.5) is 0 Å². The number of hydrogen-bond acceptors (Lipinski definition) is 6. The maximum atomic E-state index is 12.6. The van der Waals surface area contributed by atoms with Crippen LogP contribution in [0.2, 0.25) is 0 Å². The third-order valence-corrected chi connectivity index (χ3v) is 7.02. The van der Waals surface area contributed by atoms with Crippen LogP contribution in [0.25, 0.3) is 10.2 Å². The standard InChI is InChI=1S/C19H18N2O3S2/c22-18-17-12-3-1-2-4-15(12)26-19(17)21-16(20-18)9-25-8-11-5-6-13-14(7-11)24-10-23-13/h5-7H,1-4,8-10H2,(H,20,21,22). The fourth-order valence-electron chi connectivity index (χ4n) is 3.57. The Morgan fingerprint density at radius 1 is 1.15 bits per heavy atom. The highest BCUT2D eigenvalue weighted by atomic mass is 32.2. The lowest BCUT2D eigenvalue weighted by atomic mass is 9.97. The van der Waals surface area contributed by atoms with E-state index in [1.807, 2.05) is 18.2 Å². The number of aromatic nitrogens is 2. The van der Waals surface area contributed by atoms with Gasteiger partial charge in [-0.05, 0) is 48.9 Å². The van der Waals surface area contributed by atoms with Crippen molar-refractivity contribution < 1.29 is 9.47 Å². The van der Waals surface area contributed by atoms with Crippen molar-refractivity contribution in [1.29, 1.82) is 0 Å². The molecule has 0 amide bonds. The van der Waals surface area contributed by atoms with Gasteiger partial charge in [0.2, 0.25) is 6.79 Å². The molecule has 3 aromatic rings. The summed E-state index contributed by atoms with van der Waals surface area (Å²) in [6.45, 7) is 0.294. The molecule has 1 aromatic carbocycles. The smallest absolute Gasteiger partial charge is 0.259 e. The van der Waals surface area contributed by atoms with Crippen molar-refractivity contribution in [2.45, 2.75) is 37.2 Å². The van der Waals surface area contributed by atoms with Crippen molar-refractivity contribution >= 4 is 33.3 Å². The van der Waals surface area contributed by atoms with Gasteiger partial charge in [-0.2, -0.15) is 0 Å². The van der Waals surface area contributed by atoms with E-state index < -0.39 is 0 Å². The van der Waals surface area contributed by atoms with Gasteiger partial charge in [-0.3, -0.25) is 4.79 Å². The molecule has 1 aliphatic heterocycles. The van der Waals surface area contributed by atoms with Crippen LogP contribution < -0.4 is 15.0 Å². The minimum absolute atomic E-state index is 0.0214. The molecule has 0 radical (unpaired) electrons. The summed E-state index contributed by atoms with van der Waals surface area (Å²) in [4.78, 5) is 22.5. The minimum Gasteiger partial charge on any atom is -0.454 e. The molecule has 26 heavy (non-hydrogen) atoms. The second kappa shape index (κ2) is 6.63. The van der Waals surface area contributed by atoms with Crippen LogP contribution in [0, 0.1) is 0 Å². The number of aromatic amines is 1. The first-order chi connectivity index (χ1) is 12.8. The van der Waals surface area contributed by atoms with Crippen LogP contribution >= 0.6 is 23.1 Å². The normalized spacial score (nSPS) is 15.4. The van der Waals surface area contributed by atoms with Gasteiger partial charge in [-0.15, -0.1) is 23.1 Å². The van der Waals surface area contributed by atoms with Gasteiger partial charge in [-0.25, -0.2) is 4.98 Å². The summed E-state index contributed by atoms with van der Waals surface area (Å²) in [5.41, 5.74) is 2.44. The summed E-state index contributed by atoms with van der Waals surface area (Å²) in [5, 5.41) is 0.828. The molecule has 5 rings (SSSR count). The van der Waals surface area contributed by atoms with Crippen LogP contribution in [0.1, 0.15) is 34.7 Å². The number of thiophene rings is 1. The van der Waals surface area contributed by atoms with Crippen LogP contribution in [-0.4, -0.2) is 16.8 Å². The van der Waals surface area contributed by atoms with Crippen molar-refractivity contribution in [1.82, 2.24) is 9.97 Å². The van der Waals surface area contributed by atoms with Crippen LogP contribution in [0.5, 0.6) is 11.5 Å². The Morgan fingerprint density at radius 3 is 3.00 bits per heavy atom.